The van der Waals surface area contributed by atoms with E-state index < -0.39 is 0 Å². The predicted octanol–water partition coefficient (Wildman–Crippen LogP) is 16.4. The molecule has 4 heteroatoms. The number of nitrogens with zero attached hydrogens (tertiary/aromatic N) is 2. The van der Waals surface area contributed by atoms with Gasteiger partial charge in [0.25, 0.3) is 6.71 Å². The van der Waals surface area contributed by atoms with Gasteiger partial charge in [0.15, 0.2) is 0 Å². The molecule has 0 saturated carbocycles. The first-order valence-electron chi connectivity index (χ1n) is 26.5. The Bertz CT molecular complexity index is 3070. The zero-order chi connectivity index (χ0) is 48.6. The summed E-state index contributed by atoms with van der Waals surface area (Å²) in [4.78, 5) is 5.34. The molecule has 0 fully saturated rings. The van der Waals surface area contributed by atoms with E-state index in [4.69, 9.17) is 4.42 Å². The summed E-state index contributed by atoms with van der Waals surface area (Å²) in [6.07, 6.45) is 8.16. The van der Waals surface area contributed by atoms with Gasteiger partial charge in [0.1, 0.15) is 5.58 Å². The summed E-state index contributed by atoms with van der Waals surface area (Å²) in [5.74, 6) is 0.492. The Morgan fingerprint density at radius 3 is 1.54 bits per heavy atom. The van der Waals surface area contributed by atoms with E-state index in [2.05, 4.69) is 206 Å². The Labute approximate surface area is 410 Å². The van der Waals surface area contributed by atoms with E-state index in [0.29, 0.717) is 5.92 Å². The second kappa shape index (κ2) is 14.4. The summed E-state index contributed by atoms with van der Waals surface area (Å²) in [6, 6.07) is 32.6. The molecule has 354 valence electrons. The van der Waals surface area contributed by atoms with Crippen LogP contribution in [0.3, 0.4) is 0 Å². The summed E-state index contributed by atoms with van der Waals surface area (Å²) in [6.45, 7) is 41.4. The topological polar surface area (TPSA) is 19.6 Å². The van der Waals surface area contributed by atoms with Crippen LogP contribution >= 0.6 is 0 Å². The van der Waals surface area contributed by atoms with E-state index in [9.17, 15) is 0 Å². The Morgan fingerprint density at radius 1 is 0.529 bits per heavy atom. The normalized spacial score (nSPS) is 21.3. The van der Waals surface area contributed by atoms with Crippen molar-refractivity contribution in [3.8, 4) is 0 Å². The van der Waals surface area contributed by atoms with E-state index in [1.54, 1.807) is 0 Å². The van der Waals surface area contributed by atoms with E-state index in [0.717, 1.165) is 17.7 Å². The first kappa shape index (κ1) is 45.7. The minimum Gasteiger partial charge on any atom is -0.468 e. The number of fused-ring (bicyclic) bond motifs is 9. The third-order valence-electron chi connectivity index (χ3n) is 18.9. The summed E-state index contributed by atoms with van der Waals surface area (Å²) in [5, 5.41) is 1.23. The molecule has 1 unspecified atom stereocenters. The molecular weight excluding hydrogens is 824 g/mol. The van der Waals surface area contributed by atoms with Gasteiger partial charge in [-0.25, -0.2) is 0 Å². The van der Waals surface area contributed by atoms with Crippen molar-refractivity contribution in [3.63, 3.8) is 0 Å². The molecule has 68 heavy (non-hydrogen) atoms. The summed E-state index contributed by atoms with van der Waals surface area (Å²) in [5.41, 5.74) is 24.2. The Hall–Kier alpha value is -4.70. The van der Waals surface area contributed by atoms with Crippen molar-refractivity contribution in [1.82, 2.24) is 0 Å². The first-order chi connectivity index (χ1) is 31.6. The predicted molar refractivity (Wildman–Crippen MR) is 293 cm³/mol. The maximum atomic E-state index is 7.70. The Kier molecular flexibility index (Phi) is 9.72. The quantitative estimate of drug-likeness (QED) is 0.164. The highest BCUT2D eigenvalue weighted by Gasteiger charge is 2.50. The zero-order valence-corrected chi connectivity index (χ0v) is 44.9. The van der Waals surface area contributed by atoms with Crippen molar-refractivity contribution in [2.45, 2.75) is 206 Å². The molecule has 3 aliphatic carbocycles. The fraction of sp³-hybridized carbons (Fsp3) is 0.500. The fourth-order valence-corrected chi connectivity index (χ4v) is 13.5. The molecule has 0 N–H and O–H groups in total. The van der Waals surface area contributed by atoms with Gasteiger partial charge in [-0.2, -0.15) is 0 Å². The molecule has 0 radical (unpaired) electrons. The minimum absolute atomic E-state index is 0.0380. The average Bonchev–Trinajstić information content (AvgIpc) is 3.65. The van der Waals surface area contributed by atoms with Crippen molar-refractivity contribution in [3.05, 3.63) is 123 Å². The van der Waals surface area contributed by atoms with Gasteiger partial charge in [0.2, 0.25) is 0 Å². The van der Waals surface area contributed by atoms with Crippen LogP contribution in [-0.4, -0.2) is 6.71 Å². The van der Waals surface area contributed by atoms with Gasteiger partial charge >= 0.3 is 0 Å². The van der Waals surface area contributed by atoms with Crippen LogP contribution in [0.2, 0.25) is 0 Å². The number of anilines is 6. The third kappa shape index (κ3) is 6.64. The molecule has 5 aliphatic rings. The molecule has 2 aliphatic heterocycles. The number of furan rings is 1. The number of hydrogen-bond donors (Lipinski definition) is 0. The highest BCUT2D eigenvalue weighted by atomic mass is 16.3. The highest BCUT2D eigenvalue weighted by Crippen LogP contribution is 2.55. The maximum absolute atomic E-state index is 7.70. The van der Waals surface area contributed by atoms with Crippen molar-refractivity contribution >= 4 is 68.4 Å². The summed E-state index contributed by atoms with van der Waals surface area (Å²) >= 11 is 0. The van der Waals surface area contributed by atoms with E-state index in [1.807, 2.05) is 0 Å². The molecule has 1 atom stereocenters. The van der Waals surface area contributed by atoms with Crippen LogP contribution in [0.25, 0.3) is 11.0 Å². The summed E-state index contributed by atoms with van der Waals surface area (Å²) in [7, 11) is 0. The van der Waals surface area contributed by atoms with Gasteiger partial charge in [-0.05, 0) is 199 Å². The second-order valence-corrected chi connectivity index (χ2v) is 27.4. The fourth-order valence-electron chi connectivity index (χ4n) is 13.5. The average molecular weight is 903 g/mol. The molecule has 0 bridgehead atoms. The van der Waals surface area contributed by atoms with Crippen molar-refractivity contribution < 1.29 is 4.42 Å². The van der Waals surface area contributed by atoms with Gasteiger partial charge in [0, 0.05) is 33.8 Å². The number of hydrogen-bond acceptors (Lipinski definition) is 3. The smallest absolute Gasteiger partial charge is 0.297 e. The molecule has 1 aromatic heterocycles. The van der Waals surface area contributed by atoms with Crippen LogP contribution < -0.4 is 26.4 Å². The van der Waals surface area contributed by atoms with Crippen LogP contribution in [0.1, 0.15) is 213 Å². The van der Waals surface area contributed by atoms with Crippen LogP contribution in [0, 0.1) is 0 Å². The molecular formula is C64H79BN2O. The Morgan fingerprint density at radius 2 is 1.00 bits per heavy atom. The van der Waals surface area contributed by atoms with Gasteiger partial charge in [-0.15, -0.1) is 0 Å². The standard InChI is InChI=1S/C64H79BN2O/c1-18-38(2)39-19-21-41(22-20-39)67-53-32-40(58(3,4)5)31-52-55(53)65(57-56(67)43-34-46-49(37-54(43)68-57)64(16,17)30-27-61(46,10)11)50-35-47-48(63(14,15)29-28-62(47,12)13)36-51(50)66(52)42-23-24-44-45(33-42)60(8,9)26-25-59(44,6)7/h19-24,31-38H,18,25-30H2,1-17H3. The van der Waals surface area contributed by atoms with Gasteiger partial charge < -0.3 is 14.2 Å². The van der Waals surface area contributed by atoms with E-state index >= 15 is 0 Å². The molecule has 5 aromatic carbocycles. The van der Waals surface area contributed by atoms with Crippen molar-refractivity contribution in [2.75, 3.05) is 9.80 Å². The lowest BCUT2D eigenvalue weighted by Gasteiger charge is -2.47. The Balaban J connectivity index is 1.29. The zero-order valence-electron chi connectivity index (χ0n) is 44.9. The van der Waals surface area contributed by atoms with Crippen LogP contribution in [0.5, 0.6) is 0 Å². The van der Waals surface area contributed by atoms with E-state index in [1.165, 1.54) is 133 Å². The van der Waals surface area contributed by atoms with Crippen molar-refractivity contribution in [1.29, 1.82) is 0 Å². The number of rotatable bonds is 4. The molecule has 11 rings (SSSR count). The molecule has 6 aromatic rings. The monoisotopic (exact) mass is 903 g/mol. The van der Waals surface area contributed by atoms with Crippen LogP contribution in [-0.2, 0) is 37.9 Å². The molecule has 0 amide bonds. The largest absolute Gasteiger partial charge is 0.468 e. The van der Waals surface area contributed by atoms with Gasteiger partial charge in [-0.3, -0.25) is 0 Å². The van der Waals surface area contributed by atoms with Crippen molar-refractivity contribution in [2.24, 2.45) is 0 Å². The summed E-state index contributed by atoms with van der Waals surface area (Å²) < 4.78 is 7.70. The highest BCUT2D eigenvalue weighted by molar-refractivity contribution is 7.00. The molecule has 0 saturated heterocycles. The maximum Gasteiger partial charge on any atom is 0.297 e. The van der Waals surface area contributed by atoms with Crippen LogP contribution in [0.15, 0.2) is 83.3 Å². The van der Waals surface area contributed by atoms with E-state index in [-0.39, 0.29) is 44.6 Å². The first-order valence-corrected chi connectivity index (χ1v) is 26.5. The van der Waals surface area contributed by atoms with Gasteiger partial charge in [0.05, 0.1) is 11.3 Å². The molecule has 3 nitrogen and oxygen atoms in total. The molecule has 0 spiro atoms. The van der Waals surface area contributed by atoms with Gasteiger partial charge in [-0.1, -0.05) is 142 Å². The lowest BCUT2D eigenvalue weighted by atomic mass is 9.35. The lowest BCUT2D eigenvalue weighted by molar-refractivity contribution is 0.332. The number of benzene rings is 5. The minimum atomic E-state index is -0.115. The molecule has 3 heterocycles. The lowest BCUT2D eigenvalue weighted by Crippen LogP contribution is -2.61. The third-order valence-corrected chi connectivity index (χ3v) is 18.9. The second-order valence-electron chi connectivity index (χ2n) is 27.4. The SMILES string of the molecule is CCC(C)c1ccc(N2c3cc(C(C)(C)C)cc4c3B(c3cc5c(cc3N4c3ccc4c(c3)C(C)(C)CCC4(C)C)C(C)(C)CCC5(C)C)c3oc4cc5c(cc4c32)C(C)(C)CCC5(C)C)cc1. The van der Waals surface area contributed by atoms with Crippen LogP contribution in [0.4, 0.5) is 34.1 Å².